The number of benzene rings is 4. The van der Waals surface area contributed by atoms with E-state index in [2.05, 4.69) is 0 Å². The minimum atomic E-state index is -2.00. The van der Waals surface area contributed by atoms with Crippen LogP contribution in [0.25, 0.3) is 34.4 Å². The van der Waals surface area contributed by atoms with Gasteiger partial charge in [-0.25, -0.2) is 9.59 Å². The van der Waals surface area contributed by atoms with Crippen LogP contribution >= 0.6 is 0 Å². The molecule has 0 bridgehead atoms. The number of rotatable bonds is 10. The van der Waals surface area contributed by atoms with E-state index in [1.54, 1.807) is 19.1 Å². The fraction of sp³-hybridized carbons (Fsp3) is 0.175. The van der Waals surface area contributed by atoms with Crippen LogP contribution in [0.4, 0.5) is 0 Å². The third-order valence-corrected chi connectivity index (χ3v) is 8.50. The molecule has 6 rings (SSSR count). The summed E-state index contributed by atoms with van der Waals surface area (Å²) >= 11 is 0. The van der Waals surface area contributed by atoms with Gasteiger partial charge in [-0.1, -0.05) is 18.2 Å². The van der Waals surface area contributed by atoms with Crippen molar-refractivity contribution in [3.05, 3.63) is 118 Å². The summed E-state index contributed by atoms with van der Waals surface area (Å²) in [5.74, 6) is -3.96. The number of fused-ring (bicyclic) bond motifs is 1. The van der Waals surface area contributed by atoms with Crippen molar-refractivity contribution in [2.75, 3.05) is 6.61 Å². The molecule has 0 amide bonds. The molecule has 1 fully saturated rings. The molecule has 15 nitrogen and oxygen atoms in total. The number of ether oxygens (including phenoxy) is 4. The first-order valence-corrected chi connectivity index (χ1v) is 16.6. The van der Waals surface area contributed by atoms with E-state index in [0.717, 1.165) is 24.3 Å². The molecule has 1 aliphatic rings. The molecule has 0 radical (unpaired) electrons. The zero-order valence-corrected chi connectivity index (χ0v) is 28.8. The van der Waals surface area contributed by atoms with Crippen LogP contribution in [0.5, 0.6) is 34.5 Å². The minimum absolute atomic E-state index is 0.000666. The van der Waals surface area contributed by atoms with E-state index in [9.17, 15) is 50.1 Å². The summed E-state index contributed by atoms with van der Waals surface area (Å²) < 4.78 is 28.4. The molecule has 3 unspecified atom stereocenters. The number of hydrogen-bond acceptors (Lipinski definition) is 15. The van der Waals surface area contributed by atoms with E-state index < -0.39 is 77.3 Å². The molecule has 5 atom stereocenters. The third-order valence-electron chi connectivity index (χ3n) is 8.50. The Labute approximate surface area is 311 Å². The first kappa shape index (κ1) is 37.9. The normalized spacial score (nSPS) is 19.8. The van der Waals surface area contributed by atoms with Crippen molar-refractivity contribution in [3.8, 4) is 45.8 Å². The zero-order chi connectivity index (χ0) is 39.4. The molecule has 0 aliphatic carbocycles. The first-order chi connectivity index (χ1) is 26.3. The average molecular weight is 755 g/mol. The fourth-order valence-electron chi connectivity index (χ4n) is 5.65. The zero-order valence-electron chi connectivity index (χ0n) is 28.8. The van der Waals surface area contributed by atoms with E-state index in [0.29, 0.717) is 16.7 Å². The second kappa shape index (κ2) is 16.1. The van der Waals surface area contributed by atoms with Crippen molar-refractivity contribution in [3.63, 3.8) is 0 Å². The average Bonchev–Trinajstić information content (AvgIpc) is 3.15. The van der Waals surface area contributed by atoms with E-state index in [-0.39, 0.29) is 34.2 Å². The Kier molecular flexibility index (Phi) is 11.1. The van der Waals surface area contributed by atoms with Gasteiger partial charge < -0.3 is 59.1 Å². The molecule has 1 saturated heterocycles. The van der Waals surface area contributed by atoms with Gasteiger partial charge in [-0.05, 0) is 84.3 Å². The molecular weight excluding hydrogens is 720 g/mol. The minimum Gasteiger partial charge on any atom is -0.508 e. The lowest BCUT2D eigenvalue weighted by molar-refractivity contribution is -0.281. The molecule has 15 heteroatoms. The first-order valence-electron chi connectivity index (χ1n) is 16.6. The number of aryl methyl sites for hydroxylation is 1. The van der Waals surface area contributed by atoms with Gasteiger partial charge in [-0.2, -0.15) is 0 Å². The van der Waals surface area contributed by atoms with Gasteiger partial charge >= 0.3 is 11.9 Å². The van der Waals surface area contributed by atoms with Crippen LogP contribution in [0.1, 0.15) is 16.7 Å². The van der Waals surface area contributed by atoms with Crippen LogP contribution in [-0.4, -0.2) is 85.0 Å². The SMILES string of the molecule is Cc1cc(/C=C/C(=O)OCC2O[C@@H](Oc3c(-c4ccc(O)cc4)oc4cc(O)cc(O)c4c3=O)C(O)C(OC(=O)/C=C/c3ccc(O)cc3)[C@@H]2O)ccc1O. The van der Waals surface area contributed by atoms with Crippen LogP contribution in [0.2, 0.25) is 0 Å². The molecule has 7 N–H and O–H groups in total. The Morgan fingerprint density at radius 2 is 1.38 bits per heavy atom. The monoisotopic (exact) mass is 754 g/mol. The van der Waals surface area contributed by atoms with Gasteiger partial charge in [0, 0.05) is 29.8 Å². The lowest BCUT2D eigenvalue weighted by Gasteiger charge is -2.41. The van der Waals surface area contributed by atoms with Crippen LogP contribution in [0, 0.1) is 6.92 Å². The van der Waals surface area contributed by atoms with Crippen molar-refractivity contribution >= 4 is 35.1 Å². The summed E-state index contributed by atoms with van der Waals surface area (Å²) in [5.41, 5.74) is 0.594. The summed E-state index contributed by atoms with van der Waals surface area (Å²) in [6.07, 6.45) is -4.21. The molecule has 55 heavy (non-hydrogen) atoms. The van der Waals surface area contributed by atoms with Crippen LogP contribution in [-0.2, 0) is 23.8 Å². The van der Waals surface area contributed by atoms with E-state index in [1.807, 2.05) is 0 Å². The number of phenolic OH excluding ortho intramolecular Hbond substituents is 5. The van der Waals surface area contributed by atoms with Gasteiger partial charge in [-0.15, -0.1) is 0 Å². The van der Waals surface area contributed by atoms with Crippen molar-refractivity contribution in [1.82, 2.24) is 0 Å². The molecule has 1 aliphatic heterocycles. The van der Waals surface area contributed by atoms with E-state index in [4.69, 9.17) is 23.4 Å². The lowest BCUT2D eigenvalue weighted by Crippen LogP contribution is -2.61. The van der Waals surface area contributed by atoms with Crippen LogP contribution in [0.15, 0.2) is 100 Å². The second-order valence-corrected chi connectivity index (χ2v) is 12.5. The Balaban J connectivity index is 1.32. The van der Waals surface area contributed by atoms with E-state index >= 15 is 0 Å². The number of hydrogen-bond donors (Lipinski definition) is 7. The standard InChI is InChI=1S/C40H34O15/c1-20-16-22(4-13-27(20)44)6-14-31(46)51-19-30-34(48)38(54-32(47)15-5-21-2-9-24(41)10-3-21)36(50)40(53-30)55-39-35(49)33-28(45)17-26(43)18-29(33)52-37(39)23-7-11-25(42)12-8-23/h2-18,30,34,36,38,40-45,48,50H,19H2,1H3/b14-6+,15-5+/t30?,34-,36?,38?,40+/m1/s1. The van der Waals surface area contributed by atoms with Crippen LogP contribution in [0.3, 0.4) is 0 Å². The summed E-state index contributed by atoms with van der Waals surface area (Å²) in [4.78, 5) is 39.6. The topological polar surface area (TPSA) is 243 Å². The smallest absolute Gasteiger partial charge is 0.331 e. The molecule has 5 aromatic rings. The van der Waals surface area contributed by atoms with E-state index in [1.165, 1.54) is 66.7 Å². The molecule has 1 aromatic heterocycles. The maximum Gasteiger partial charge on any atom is 0.331 e. The van der Waals surface area contributed by atoms with Crippen molar-refractivity contribution in [2.45, 2.75) is 37.6 Å². The highest BCUT2D eigenvalue weighted by atomic mass is 16.7. The van der Waals surface area contributed by atoms with Gasteiger partial charge in [-0.3, -0.25) is 4.79 Å². The maximum absolute atomic E-state index is 13.9. The number of aliphatic hydroxyl groups excluding tert-OH is 2. The summed E-state index contributed by atoms with van der Waals surface area (Å²) in [5, 5.41) is 72.1. The summed E-state index contributed by atoms with van der Waals surface area (Å²) in [7, 11) is 0. The molecule has 0 spiro atoms. The molecular formula is C40H34O15. The predicted octanol–water partition coefficient (Wildman–Crippen LogP) is 4.00. The number of phenols is 5. The number of esters is 2. The quantitative estimate of drug-likeness (QED) is 0.0787. The number of carbonyl (C=O) groups is 2. The fourth-order valence-corrected chi connectivity index (χ4v) is 5.65. The Hall–Kier alpha value is -6.81. The van der Waals surface area contributed by atoms with Gasteiger partial charge in [0.1, 0.15) is 58.5 Å². The highest BCUT2D eigenvalue weighted by Crippen LogP contribution is 2.38. The molecule has 4 aromatic carbocycles. The molecule has 2 heterocycles. The highest BCUT2D eigenvalue weighted by Gasteiger charge is 2.49. The second-order valence-electron chi connectivity index (χ2n) is 12.5. The Bertz CT molecular complexity index is 2330. The van der Waals surface area contributed by atoms with Crippen molar-refractivity contribution in [1.29, 1.82) is 0 Å². The molecule has 284 valence electrons. The highest BCUT2D eigenvalue weighted by molar-refractivity contribution is 5.89. The summed E-state index contributed by atoms with van der Waals surface area (Å²) in [6, 6.07) is 17.8. The lowest BCUT2D eigenvalue weighted by atomic mass is 9.98. The number of aromatic hydroxyl groups is 5. The van der Waals surface area contributed by atoms with Gasteiger partial charge in [0.25, 0.3) is 0 Å². The maximum atomic E-state index is 13.9. The van der Waals surface area contributed by atoms with Gasteiger partial charge in [0.05, 0.1) is 0 Å². The van der Waals surface area contributed by atoms with Crippen molar-refractivity contribution in [2.24, 2.45) is 0 Å². The Morgan fingerprint density at radius 3 is 2.07 bits per heavy atom. The van der Waals surface area contributed by atoms with Gasteiger partial charge in [0.15, 0.2) is 18.0 Å². The van der Waals surface area contributed by atoms with Gasteiger partial charge in [0.2, 0.25) is 17.5 Å². The molecule has 0 saturated carbocycles. The number of aliphatic hydroxyl groups is 2. The third kappa shape index (κ3) is 8.71. The van der Waals surface area contributed by atoms with Crippen LogP contribution < -0.4 is 10.2 Å². The van der Waals surface area contributed by atoms with Crippen molar-refractivity contribution < 1.29 is 68.7 Å². The number of carbonyl (C=O) groups excluding carboxylic acids is 2. The predicted molar refractivity (Wildman–Crippen MR) is 194 cm³/mol. The largest absolute Gasteiger partial charge is 0.508 e. The Morgan fingerprint density at radius 1 is 0.745 bits per heavy atom. The summed E-state index contributed by atoms with van der Waals surface area (Å²) in [6.45, 7) is 1.01.